The summed E-state index contributed by atoms with van der Waals surface area (Å²) in [6, 6.07) is 7.50. The molecule has 0 bridgehead atoms. The Morgan fingerprint density at radius 2 is 2.06 bits per heavy atom. The molecule has 0 saturated heterocycles. The minimum Gasteiger partial charge on any atom is -0.466 e. The fourth-order valence-electron chi connectivity index (χ4n) is 1.64. The number of hydrogen-bond donors (Lipinski definition) is 1. The van der Waals surface area contributed by atoms with Crippen LogP contribution in [-0.2, 0) is 0 Å². The first-order valence-electron chi connectivity index (χ1n) is 5.31. The van der Waals surface area contributed by atoms with Crippen molar-refractivity contribution in [3.63, 3.8) is 0 Å². The first-order chi connectivity index (χ1) is 8.47. The Morgan fingerprint density at radius 1 is 1.33 bits per heavy atom. The molecular weight excluding hydrogens is 409 g/mol. The SMILES string of the molecule is Cc1cc(C(=O)Nc2cc(Br)ccc2I)c(C)o1. The van der Waals surface area contributed by atoms with E-state index in [1.54, 1.807) is 13.0 Å². The van der Waals surface area contributed by atoms with Gasteiger partial charge < -0.3 is 9.73 Å². The summed E-state index contributed by atoms with van der Waals surface area (Å²) in [5, 5.41) is 2.89. The van der Waals surface area contributed by atoms with Gasteiger partial charge in [0, 0.05) is 8.04 Å². The average molecular weight is 420 g/mol. The molecule has 18 heavy (non-hydrogen) atoms. The zero-order valence-electron chi connectivity index (χ0n) is 9.88. The molecule has 1 heterocycles. The fourth-order valence-corrected chi connectivity index (χ4v) is 2.47. The highest BCUT2D eigenvalue weighted by atomic mass is 127. The molecule has 3 nitrogen and oxygen atoms in total. The summed E-state index contributed by atoms with van der Waals surface area (Å²) in [5.74, 6) is 1.22. The molecule has 2 rings (SSSR count). The van der Waals surface area contributed by atoms with Gasteiger partial charge in [-0.2, -0.15) is 0 Å². The highest BCUT2D eigenvalue weighted by Gasteiger charge is 2.14. The molecule has 0 spiro atoms. The number of aryl methyl sites for hydroxylation is 2. The van der Waals surface area contributed by atoms with Crippen LogP contribution in [0.5, 0.6) is 0 Å². The number of anilines is 1. The van der Waals surface area contributed by atoms with Crippen molar-refractivity contribution in [2.45, 2.75) is 13.8 Å². The summed E-state index contributed by atoms with van der Waals surface area (Å²) in [4.78, 5) is 12.1. The smallest absolute Gasteiger partial charge is 0.259 e. The third-order valence-corrected chi connectivity index (χ3v) is 3.90. The second-order valence-electron chi connectivity index (χ2n) is 3.91. The number of hydrogen-bond acceptors (Lipinski definition) is 2. The Hall–Kier alpha value is -0.820. The van der Waals surface area contributed by atoms with Crippen molar-refractivity contribution in [1.82, 2.24) is 0 Å². The van der Waals surface area contributed by atoms with Crippen LogP contribution >= 0.6 is 38.5 Å². The number of carbonyl (C=O) groups excluding carboxylic acids is 1. The molecule has 1 amide bonds. The summed E-state index contributed by atoms with van der Waals surface area (Å²) in [5.41, 5.74) is 1.36. The van der Waals surface area contributed by atoms with Crippen LogP contribution in [0.4, 0.5) is 5.69 Å². The summed E-state index contributed by atoms with van der Waals surface area (Å²) in [6.45, 7) is 3.61. The van der Waals surface area contributed by atoms with E-state index in [4.69, 9.17) is 4.42 Å². The predicted molar refractivity (Wildman–Crippen MR) is 83.0 cm³/mol. The number of furan rings is 1. The van der Waals surface area contributed by atoms with Crippen molar-refractivity contribution in [3.8, 4) is 0 Å². The van der Waals surface area contributed by atoms with Crippen molar-refractivity contribution in [2.75, 3.05) is 5.32 Å². The number of halogens is 2. The summed E-state index contributed by atoms with van der Waals surface area (Å²) >= 11 is 5.57. The van der Waals surface area contributed by atoms with Crippen molar-refractivity contribution in [2.24, 2.45) is 0 Å². The Morgan fingerprint density at radius 3 is 2.67 bits per heavy atom. The van der Waals surface area contributed by atoms with Crippen LogP contribution in [0.15, 0.2) is 33.2 Å². The molecule has 0 aliphatic rings. The minimum atomic E-state index is -0.152. The molecule has 1 aromatic carbocycles. The number of carbonyl (C=O) groups is 1. The van der Waals surface area contributed by atoms with Gasteiger partial charge in [-0.3, -0.25) is 4.79 Å². The van der Waals surface area contributed by atoms with Crippen molar-refractivity contribution in [3.05, 3.63) is 49.4 Å². The number of benzene rings is 1. The van der Waals surface area contributed by atoms with Gasteiger partial charge in [-0.1, -0.05) is 15.9 Å². The maximum atomic E-state index is 12.1. The van der Waals surface area contributed by atoms with Crippen molar-refractivity contribution < 1.29 is 9.21 Å². The fraction of sp³-hybridized carbons (Fsp3) is 0.154. The molecule has 0 unspecified atom stereocenters. The minimum absolute atomic E-state index is 0.152. The van der Waals surface area contributed by atoms with Gasteiger partial charge in [-0.15, -0.1) is 0 Å². The molecule has 5 heteroatoms. The zero-order chi connectivity index (χ0) is 13.3. The lowest BCUT2D eigenvalue weighted by atomic mass is 10.2. The van der Waals surface area contributed by atoms with Crippen LogP contribution in [0.1, 0.15) is 21.9 Å². The highest BCUT2D eigenvalue weighted by Crippen LogP contribution is 2.24. The molecule has 0 saturated carbocycles. The molecule has 0 aliphatic carbocycles. The van der Waals surface area contributed by atoms with Crippen LogP contribution in [0.2, 0.25) is 0 Å². The van der Waals surface area contributed by atoms with Crippen LogP contribution in [0.3, 0.4) is 0 Å². The second kappa shape index (κ2) is 5.44. The van der Waals surface area contributed by atoms with E-state index in [1.807, 2.05) is 25.1 Å². The quantitative estimate of drug-likeness (QED) is 0.727. The highest BCUT2D eigenvalue weighted by molar-refractivity contribution is 14.1. The van der Waals surface area contributed by atoms with E-state index in [2.05, 4.69) is 43.8 Å². The number of amides is 1. The van der Waals surface area contributed by atoms with E-state index in [-0.39, 0.29) is 5.91 Å². The van der Waals surface area contributed by atoms with Gasteiger partial charge in [-0.05, 0) is 60.7 Å². The van der Waals surface area contributed by atoms with E-state index in [0.29, 0.717) is 11.3 Å². The molecule has 1 aromatic heterocycles. The van der Waals surface area contributed by atoms with Gasteiger partial charge in [0.1, 0.15) is 11.5 Å². The Balaban J connectivity index is 2.26. The van der Waals surface area contributed by atoms with Gasteiger partial charge in [-0.25, -0.2) is 0 Å². The third-order valence-electron chi connectivity index (χ3n) is 2.46. The predicted octanol–water partition coefficient (Wildman–Crippen LogP) is 4.52. The maximum Gasteiger partial charge on any atom is 0.259 e. The largest absolute Gasteiger partial charge is 0.466 e. The van der Waals surface area contributed by atoms with E-state index in [1.165, 1.54) is 0 Å². The topological polar surface area (TPSA) is 42.2 Å². The molecule has 0 aliphatic heterocycles. The molecule has 0 atom stereocenters. The van der Waals surface area contributed by atoms with Gasteiger partial charge in [0.25, 0.3) is 5.91 Å². The molecule has 0 radical (unpaired) electrons. The lowest BCUT2D eigenvalue weighted by Crippen LogP contribution is -2.13. The Bertz CT molecular complexity index is 607. The molecule has 94 valence electrons. The zero-order valence-corrected chi connectivity index (χ0v) is 13.6. The first kappa shape index (κ1) is 13.6. The number of rotatable bonds is 2. The standard InChI is InChI=1S/C13H11BrINO2/c1-7-5-10(8(2)18-7)13(17)16-12-6-9(14)3-4-11(12)15/h3-6H,1-2H3,(H,16,17). The summed E-state index contributed by atoms with van der Waals surface area (Å²) < 4.78 is 7.27. The molecular formula is C13H11BrINO2. The lowest BCUT2D eigenvalue weighted by molar-refractivity contribution is 0.102. The van der Waals surface area contributed by atoms with Crippen LogP contribution in [0.25, 0.3) is 0 Å². The number of nitrogens with one attached hydrogen (secondary N) is 1. The third kappa shape index (κ3) is 2.95. The van der Waals surface area contributed by atoms with Crippen molar-refractivity contribution >= 4 is 50.1 Å². The second-order valence-corrected chi connectivity index (χ2v) is 5.98. The average Bonchev–Trinajstić information content (AvgIpc) is 2.63. The molecule has 1 N–H and O–H groups in total. The van der Waals surface area contributed by atoms with E-state index < -0.39 is 0 Å². The van der Waals surface area contributed by atoms with Gasteiger partial charge in [0.2, 0.25) is 0 Å². The lowest BCUT2D eigenvalue weighted by Gasteiger charge is -2.07. The Labute approximate surface area is 127 Å². The van der Waals surface area contributed by atoms with Gasteiger partial charge in [0.15, 0.2) is 0 Å². The molecule has 2 aromatic rings. The monoisotopic (exact) mass is 419 g/mol. The first-order valence-corrected chi connectivity index (χ1v) is 7.18. The Kier molecular flexibility index (Phi) is 4.11. The van der Waals surface area contributed by atoms with Crippen molar-refractivity contribution in [1.29, 1.82) is 0 Å². The van der Waals surface area contributed by atoms with E-state index in [0.717, 1.165) is 19.5 Å². The van der Waals surface area contributed by atoms with Crippen LogP contribution in [-0.4, -0.2) is 5.91 Å². The maximum absolute atomic E-state index is 12.1. The van der Waals surface area contributed by atoms with Gasteiger partial charge >= 0.3 is 0 Å². The van der Waals surface area contributed by atoms with E-state index >= 15 is 0 Å². The molecule has 0 fully saturated rings. The summed E-state index contributed by atoms with van der Waals surface area (Å²) in [7, 11) is 0. The van der Waals surface area contributed by atoms with Gasteiger partial charge in [0.05, 0.1) is 11.3 Å². The summed E-state index contributed by atoms with van der Waals surface area (Å²) in [6.07, 6.45) is 0. The van der Waals surface area contributed by atoms with Crippen LogP contribution < -0.4 is 5.32 Å². The normalized spacial score (nSPS) is 10.4. The van der Waals surface area contributed by atoms with Crippen LogP contribution in [0, 0.1) is 17.4 Å². The van der Waals surface area contributed by atoms with E-state index in [9.17, 15) is 4.79 Å².